The maximum atomic E-state index is 12.2. The number of carbonyl (C=O) groups excluding carboxylic acids is 1. The van der Waals surface area contributed by atoms with Crippen LogP contribution >= 0.6 is 23.1 Å². The number of carbonyl (C=O) groups is 1. The zero-order chi connectivity index (χ0) is 11.7. The number of aromatic nitrogens is 2. The summed E-state index contributed by atoms with van der Waals surface area (Å²) in [5.41, 5.74) is 0.799. The van der Waals surface area contributed by atoms with E-state index in [0.717, 1.165) is 18.7 Å². The molecule has 2 rings (SSSR count). The summed E-state index contributed by atoms with van der Waals surface area (Å²) in [4.78, 5) is 14.6. The standard InChI is InChI=1S/C10H14ClN3OS/c1-6(2)8-9(16-13-12-8)10(15)14-4-3-7(11)5-14/h6-7H,3-5H2,1-2H3. The lowest BCUT2D eigenvalue weighted by Crippen LogP contribution is -2.29. The Morgan fingerprint density at radius 2 is 2.38 bits per heavy atom. The van der Waals surface area contributed by atoms with E-state index >= 15 is 0 Å². The molecule has 0 N–H and O–H groups in total. The summed E-state index contributed by atoms with van der Waals surface area (Å²) < 4.78 is 3.87. The van der Waals surface area contributed by atoms with Crippen molar-refractivity contribution in [1.82, 2.24) is 14.5 Å². The van der Waals surface area contributed by atoms with E-state index in [0.29, 0.717) is 11.4 Å². The topological polar surface area (TPSA) is 46.1 Å². The highest BCUT2D eigenvalue weighted by molar-refractivity contribution is 7.08. The number of nitrogens with zero attached hydrogens (tertiary/aromatic N) is 3. The Kier molecular flexibility index (Phi) is 3.44. The maximum absolute atomic E-state index is 12.2. The molecule has 88 valence electrons. The van der Waals surface area contributed by atoms with Crippen LogP contribution in [0.15, 0.2) is 0 Å². The first-order valence-electron chi connectivity index (χ1n) is 5.35. The first-order chi connectivity index (χ1) is 7.59. The summed E-state index contributed by atoms with van der Waals surface area (Å²) >= 11 is 7.17. The molecule has 0 bridgehead atoms. The Morgan fingerprint density at radius 1 is 1.62 bits per heavy atom. The molecule has 16 heavy (non-hydrogen) atoms. The second-order valence-electron chi connectivity index (χ2n) is 4.28. The van der Waals surface area contributed by atoms with Crippen molar-refractivity contribution in [1.29, 1.82) is 0 Å². The molecule has 0 spiro atoms. The van der Waals surface area contributed by atoms with Gasteiger partial charge in [-0.25, -0.2) is 0 Å². The van der Waals surface area contributed by atoms with Crippen molar-refractivity contribution in [3.8, 4) is 0 Å². The lowest BCUT2D eigenvalue weighted by atomic mass is 10.1. The molecule has 1 aromatic heterocycles. The molecule has 1 amide bonds. The summed E-state index contributed by atoms with van der Waals surface area (Å²) in [6, 6.07) is 0. The van der Waals surface area contributed by atoms with Crippen LogP contribution in [-0.2, 0) is 0 Å². The van der Waals surface area contributed by atoms with Crippen LogP contribution in [-0.4, -0.2) is 38.9 Å². The number of rotatable bonds is 2. The smallest absolute Gasteiger partial charge is 0.267 e. The zero-order valence-electron chi connectivity index (χ0n) is 9.31. The summed E-state index contributed by atoms with van der Waals surface area (Å²) in [6.07, 6.45) is 0.872. The molecule has 4 nitrogen and oxygen atoms in total. The molecule has 6 heteroatoms. The Balaban J connectivity index is 2.17. The minimum atomic E-state index is 0.0295. The molecule has 0 radical (unpaired) electrons. The van der Waals surface area contributed by atoms with Gasteiger partial charge in [0.05, 0.1) is 11.1 Å². The van der Waals surface area contributed by atoms with Crippen molar-refractivity contribution in [3.05, 3.63) is 10.6 Å². The fourth-order valence-corrected chi connectivity index (χ4v) is 2.82. The van der Waals surface area contributed by atoms with Crippen LogP contribution in [0.3, 0.4) is 0 Å². The molecule has 0 saturated carbocycles. The van der Waals surface area contributed by atoms with E-state index in [2.05, 4.69) is 9.59 Å². The van der Waals surface area contributed by atoms with Gasteiger partial charge in [-0.05, 0) is 23.9 Å². The summed E-state index contributed by atoms with van der Waals surface area (Å²) in [6.45, 7) is 5.40. The molecular formula is C10H14ClN3OS. The third kappa shape index (κ3) is 2.20. The van der Waals surface area contributed by atoms with Gasteiger partial charge >= 0.3 is 0 Å². The molecule has 1 fully saturated rings. The maximum Gasteiger partial charge on any atom is 0.267 e. The van der Waals surface area contributed by atoms with Gasteiger partial charge in [0.25, 0.3) is 5.91 Å². The first kappa shape index (κ1) is 11.8. The van der Waals surface area contributed by atoms with E-state index in [9.17, 15) is 4.79 Å². The number of alkyl halides is 1. The number of hydrogen-bond acceptors (Lipinski definition) is 4. The van der Waals surface area contributed by atoms with Gasteiger partial charge in [-0.15, -0.1) is 16.7 Å². The van der Waals surface area contributed by atoms with E-state index in [1.165, 1.54) is 11.5 Å². The van der Waals surface area contributed by atoms with E-state index in [1.807, 2.05) is 13.8 Å². The highest BCUT2D eigenvalue weighted by atomic mass is 35.5. The molecule has 0 aliphatic carbocycles. The first-order valence-corrected chi connectivity index (χ1v) is 6.56. The van der Waals surface area contributed by atoms with E-state index in [1.54, 1.807) is 4.90 Å². The Bertz CT molecular complexity index is 393. The number of likely N-dealkylation sites (tertiary alicyclic amines) is 1. The van der Waals surface area contributed by atoms with Crippen LogP contribution in [0.25, 0.3) is 0 Å². The number of hydrogen-bond donors (Lipinski definition) is 0. The minimum absolute atomic E-state index is 0.0295. The predicted molar refractivity (Wildman–Crippen MR) is 64.2 cm³/mol. The average molecular weight is 260 g/mol. The van der Waals surface area contributed by atoms with Gasteiger partial charge in [-0.3, -0.25) is 4.79 Å². The van der Waals surface area contributed by atoms with Crippen LogP contribution in [0.5, 0.6) is 0 Å². The zero-order valence-corrected chi connectivity index (χ0v) is 10.9. The average Bonchev–Trinajstić information content (AvgIpc) is 2.84. The quantitative estimate of drug-likeness (QED) is 0.765. The SMILES string of the molecule is CC(C)c1nnsc1C(=O)N1CCC(Cl)C1. The van der Waals surface area contributed by atoms with Gasteiger partial charge in [0.2, 0.25) is 0 Å². The van der Waals surface area contributed by atoms with Gasteiger partial charge in [0.15, 0.2) is 0 Å². The fourth-order valence-electron chi connectivity index (χ4n) is 1.77. The second-order valence-corrected chi connectivity index (χ2v) is 5.65. The monoisotopic (exact) mass is 259 g/mol. The van der Waals surface area contributed by atoms with Gasteiger partial charge in [-0.2, -0.15) is 0 Å². The van der Waals surface area contributed by atoms with E-state index < -0.39 is 0 Å². The van der Waals surface area contributed by atoms with Gasteiger partial charge in [0.1, 0.15) is 4.88 Å². The lowest BCUT2D eigenvalue weighted by molar-refractivity contribution is 0.0796. The van der Waals surface area contributed by atoms with Crippen molar-refractivity contribution < 1.29 is 4.79 Å². The van der Waals surface area contributed by atoms with Gasteiger partial charge < -0.3 is 4.90 Å². The molecule has 2 heterocycles. The molecule has 1 aliphatic rings. The van der Waals surface area contributed by atoms with Crippen molar-refractivity contribution in [2.75, 3.05) is 13.1 Å². The number of halogens is 1. The Morgan fingerprint density at radius 3 is 2.94 bits per heavy atom. The highest BCUT2D eigenvalue weighted by Gasteiger charge is 2.29. The van der Waals surface area contributed by atoms with Crippen LogP contribution < -0.4 is 0 Å². The predicted octanol–water partition coefficient (Wildman–Crippen LogP) is 2.11. The third-order valence-electron chi connectivity index (χ3n) is 2.67. The molecule has 0 aromatic carbocycles. The van der Waals surface area contributed by atoms with Crippen LogP contribution in [0, 0.1) is 0 Å². The minimum Gasteiger partial charge on any atom is -0.336 e. The van der Waals surface area contributed by atoms with Crippen molar-refractivity contribution in [2.45, 2.75) is 31.6 Å². The van der Waals surface area contributed by atoms with Crippen molar-refractivity contribution in [3.63, 3.8) is 0 Å². The highest BCUT2D eigenvalue weighted by Crippen LogP contribution is 2.24. The van der Waals surface area contributed by atoms with Crippen molar-refractivity contribution >= 4 is 29.0 Å². The second kappa shape index (κ2) is 4.67. The summed E-state index contributed by atoms with van der Waals surface area (Å²) in [5.74, 6) is 0.258. The Labute approximate surface area is 104 Å². The molecule has 1 unspecified atom stereocenters. The van der Waals surface area contributed by atoms with Gasteiger partial charge in [-0.1, -0.05) is 18.3 Å². The molecule has 1 atom stereocenters. The fraction of sp³-hybridized carbons (Fsp3) is 0.700. The van der Waals surface area contributed by atoms with Crippen molar-refractivity contribution in [2.24, 2.45) is 0 Å². The molecule has 1 aliphatic heterocycles. The lowest BCUT2D eigenvalue weighted by Gasteiger charge is -2.15. The third-order valence-corrected chi connectivity index (χ3v) is 3.76. The van der Waals surface area contributed by atoms with Crippen LogP contribution in [0.2, 0.25) is 0 Å². The Hall–Kier alpha value is -0.680. The van der Waals surface area contributed by atoms with E-state index in [4.69, 9.17) is 11.6 Å². The van der Waals surface area contributed by atoms with E-state index in [-0.39, 0.29) is 17.2 Å². The molecular weight excluding hydrogens is 246 g/mol. The summed E-state index contributed by atoms with van der Waals surface area (Å²) in [5, 5.41) is 4.11. The molecule has 1 saturated heterocycles. The number of amides is 1. The van der Waals surface area contributed by atoms with Gasteiger partial charge in [0, 0.05) is 13.1 Å². The van der Waals surface area contributed by atoms with Crippen LogP contribution in [0.1, 0.15) is 41.6 Å². The molecule has 1 aromatic rings. The normalized spacial score (nSPS) is 20.8. The van der Waals surface area contributed by atoms with Crippen LogP contribution in [0.4, 0.5) is 0 Å². The summed E-state index contributed by atoms with van der Waals surface area (Å²) in [7, 11) is 0. The largest absolute Gasteiger partial charge is 0.336 e.